The molecular weight excluding hydrogens is 356 g/mol. The Morgan fingerprint density at radius 2 is 1.54 bits per heavy atom. The fourth-order valence-electron chi connectivity index (χ4n) is 2.86. The van der Waals surface area contributed by atoms with Gasteiger partial charge in [0.15, 0.2) is 0 Å². The van der Waals surface area contributed by atoms with E-state index < -0.39 is 0 Å². The number of aromatic nitrogens is 1. The normalized spacial score (nSPS) is 10.4. The number of fused-ring (bicyclic) bond motifs is 1. The van der Waals surface area contributed by atoms with Crippen LogP contribution >= 0.6 is 0 Å². The summed E-state index contributed by atoms with van der Waals surface area (Å²) in [4.78, 5) is 41.5. The number of benzene rings is 2. The van der Waals surface area contributed by atoms with Crippen molar-refractivity contribution in [2.75, 3.05) is 22.1 Å². The second kappa shape index (κ2) is 8.30. The van der Waals surface area contributed by atoms with Crippen molar-refractivity contribution in [1.29, 1.82) is 0 Å². The van der Waals surface area contributed by atoms with E-state index in [0.717, 1.165) is 5.39 Å². The summed E-state index contributed by atoms with van der Waals surface area (Å²) in [7, 11) is 0. The van der Waals surface area contributed by atoms with Gasteiger partial charge in [0.2, 0.25) is 17.7 Å². The van der Waals surface area contributed by atoms with Crippen LogP contribution in [0.3, 0.4) is 0 Å². The van der Waals surface area contributed by atoms with Crippen molar-refractivity contribution in [3.8, 4) is 0 Å². The van der Waals surface area contributed by atoms with Gasteiger partial charge >= 0.3 is 0 Å². The molecule has 1 heterocycles. The highest BCUT2D eigenvalue weighted by molar-refractivity contribution is 6.06. The van der Waals surface area contributed by atoms with Crippen LogP contribution in [-0.2, 0) is 14.4 Å². The quantitative estimate of drug-likeness (QED) is 0.715. The van der Waals surface area contributed by atoms with Crippen molar-refractivity contribution >= 4 is 45.7 Å². The molecule has 2 N–H and O–H groups in total. The number of carbonyl (C=O) groups excluding carboxylic acids is 3. The molecule has 3 aromatic rings. The van der Waals surface area contributed by atoms with Gasteiger partial charge in [-0.05, 0) is 36.4 Å². The second-order valence-electron chi connectivity index (χ2n) is 6.26. The van der Waals surface area contributed by atoms with Gasteiger partial charge in [0.25, 0.3) is 0 Å². The van der Waals surface area contributed by atoms with Crippen LogP contribution in [-0.4, -0.2) is 29.3 Å². The molecular formula is C21H20N4O3. The molecule has 28 heavy (non-hydrogen) atoms. The molecule has 0 spiro atoms. The molecule has 0 saturated heterocycles. The second-order valence-corrected chi connectivity index (χ2v) is 6.26. The van der Waals surface area contributed by atoms with Crippen LogP contribution in [0.2, 0.25) is 0 Å². The van der Waals surface area contributed by atoms with E-state index in [9.17, 15) is 14.4 Å². The molecule has 0 atom stereocenters. The number of para-hydroxylation sites is 1. The molecule has 3 rings (SSSR count). The zero-order valence-electron chi connectivity index (χ0n) is 15.6. The van der Waals surface area contributed by atoms with Crippen LogP contribution in [0.25, 0.3) is 10.9 Å². The van der Waals surface area contributed by atoms with E-state index in [1.165, 1.54) is 18.7 Å². The summed E-state index contributed by atoms with van der Waals surface area (Å²) in [5.74, 6) is -0.762. The Labute approximate surface area is 162 Å². The molecule has 1 aromatic heterocycles. The first-order valence-electron chi connectivity index (χ1n) is 8.73. The van der Waals surface area contributed by atoms with Gasteiger partial charge < -0.3 is 15.5 Å². The Balaban J connectivity index is 1.76. The minimum Gasteiger partial charge on any atom is -0.326 e. The SMILES string of the molecule is CC(=O)Nc1ccc(NC(=O)CN(C(C)=O)c2cccc3cccnc23)cc1. The number of hydrogen-bond donors (Lipinski definition) is 2. The number of nitrogens with zero attached hydrogens (tertiary/aromatic N) is 2. The van der Waals surface area contributed by atoms with Crippen LogP contribution in [0.15, 0.2) is 60.8 Å². The highest BCUT2D eigenvalue weighted by Gasteiger charge is 2.18. The maximum absolute atomic E-state index is 12.5. The summed E-state index contributed by atoms with van der Waals surface area (Å²) in [5.41, 5.74) is 2.45. The van der Waals surface area contributed by atoms with Crippen LogP contribution in [0.4, 0.5) is 17.1 Å². The number of hydrogen-bond acceptors (Lipinski definition) is 4. The molecule has 2 aromatic carbocycles. The van der Waals surface area contributed by atoms with Gasteiger partial charge in [0, 0.05) is 36.8 Å². The van der Waals surface area contributed by atoms with Crippen molar-refractivity contribution in [2.45, 2.75) is 13.8 Å². The molecule has 7 nitrogen and oxygen atoms in total. The highest BCUT2D eigenvalue weighted by Crippen LogP contribution is 2.25. The lowest BCUT2D eigenvalue weighted by atomic mass is 10.1. The molecule has 0 aliphatic rings. The van der Waals surface area contributed by atoms with Gasteiger partial charge in [-0.25, -0.2) is 0 Å². The molecule has 0 unspecified atom stereocenters. The molecule has 3 amide bonds. The number of carbonyl (C=O) groups is 3. The van der Waals surface area contributed by atoms with E-state index >= 15 is 0 Å². The Hall–Kier alpha value is -3.74. The summed E-state index contributed by atoms with van der Waals surface area (Å²) >= 11 is 0. The van der Waals surface area contributed by atoms with Gasteiger partial charge in [-0.2, -0.15) is 0 Å². The lowest BCUT2D eigenvalue weighted by Gasteiger charge is -2.22. The zero-order valence-corrected chi connectivity index (χ0v) is 15.6. The first-order valence-corrected chi connectivity index (χ1v) is 8.73. The first-order chi connectivity index (χ1) is 13.4. The Bertz CT molecular complexity index is 1030. The highest BCUT2D eigenvalue weighted by atomic mass is 16.2. The molecule has 0 saturated carbocycles. The van der Waals surface area contributed by atoms with Crippen molar-refractivity contribution in [1.82, 2.24) is 4.98 Å². The third kappa shape index (κ3) is 4.50. The lowest BCUT2D eigenvalue weighted by molar-refractivity contribution is -0.120. The largest absolute Gasteiger partial charge is 0.326 e. The Morgan fingerprint density at radius 3 is 2.18 bits per heavy atom. The predicted octanol–water partition coefficient (Wildman–Crippen LogP) is 3.18. The van der Waals surface area contributed by atoms with Gasteiger partial charge in [0.1, 0.15) is 6.54 Å². The van der Waals surface area contributed by atoms with E-state index in [0.29, 0.717) is 22.6 Å². The number of rotatable bonds is 5. The zero-order chi connectivity index (χ0) is 20.1. The molecule has 7 heteroatoms. The van der Waals surface area contributed by atoms with E-state index in [2.05, 4.69) is 15.6 Å². The maximum atomic E-state index is 12.5. The minimum absolute atomic E-state index is 0.140. The van der Waals surface area contributed by atoms with Crippen LogP contribution < -0.4 is 15.5 Å². The summed E-state index contributed by atoms with van der Waals surface area (Å²) < 4.78 is 0. The fraction of sp³-hybridized carbons (Fsp3) is 0.143. The molecule has 0 aliphatic carbocycles. The molecule has 0 fully saturated rings. The summed E-state index contributed by atoms with van der Waals surface area (Å²) in [6, 6.07) is 16.0. The van der Waals surface area contributed by atoms with Crippen LogP contribution in [0, 0.1) is 0 Å². The number of anilines is 3. The molecule has 142 valence electrons. The lowest BCUT2D eigenvalue weighted by Crippen LogP contribution is -2.36. The first kappa shape index (κ1) is 19.0. The van der Waals surface area contributed by atoms with Crippen LogP contribution in [0.1, 0.15) is 13.8 Å². The molecule has 0 radical (unpaired) electrons. The molecule has 0 aliphatic heterocycles. The number of pyridine rings is 1. The van der Waals surface area contributed by atoms with Crippen LogP contribution in [0.5, 0.6) is 0 Å². The standard InChI is InChI=1S/C21H20N4O3/c1-14(26)23-17-8-10-18(11-9-17)24-20(28)13-25(15(2)27)19-7-3-5-16-6-4-12-22-21(16)19/h3-12H,13H2,1-2H3,(H,23,26)(H,24,28). The number of amides is 3. The van der Waals surface area contributed by atoms with Gasteiger partial charge in [-0.3, -0.25) is 19.4 Å². The van der Waals surface area contributed by atoms with Gasteiger partial charge in [-0.15, -0.1) is 0 Å². The summed E-state index contributed by atoms with van der Waals surface area (Å²) in [6.45, 7) is 2.70. The molecule has 0 bridgehead atoms. The van der Waals surface area contributed by atoms with E-state index in [1.54, 1.807) is 36.5 Å². The predicted molar refractivity (Wildman–Crippen MR) is 109 cm³/mol. The third-order valence-electron chi connectivity index (χ3n) is 4.07. The average Bonchev–Trinajstić information content (AvgIpc) is 2.67. The van der Waals surface area contributed by atoms with Gasteiger partial charge in [-0.1, -0.05) is 18.2 Å². The fourth-order valence-corrected chi connectivity index (χ4v) is 2.86. The van der Waals surface area contributed by atoms with E-state index in [-0.39, 0.29) is 24.3 Å². The Morgan fingerprint density at radius 1 is 0.893 bits per heavy atom. The topological polar surface area (TPSA) is 91.4 Å². The van der Waals surface area contributed by atoms with Gasteiger partial charge in [0.05, 0.1) is 11.2 Å². The Kier molecular flexibility index (Phi) is 5.64. The maximum Gasteiger partial charge on any atom is 0.244 e. The van der Waals surface area contributed by atoms with E-state index in [4.69, 9.17) is 0 Å². The monoisotopic (exact) mass is 376 g/mol. The van der Waals surface area contributed by atoms with Crippen molar-refractivity contribution < 1.29 is 14.4 Å². The minimum atomic E-state index is -0.338. The van der Waals surface area contributed by atoms with Crippen molar-refractivity contribution in [2.24, 2.45) is 0 Å². The van der Waals surface area contributed by atoms with Crippen molar-refractivity contribution in [3.05, 3.63) is 60.8 Å². The smallest absolute Gasteiger partial charge is 0.244 e. The van der Waals surface area contributed by atoms with E-state index in [1.807, 2.05) is 24.3 Å². The number of nitrogens with one attached hydrogen (secondary N) is 2. The summed E-state index contributed by atoms with van der Waals surface area (Å²) in [5, 5.41) is 6.31. The summed E-state index contributed by atoms with van der Waals surface area (Å²) in [6.07, 6.45) is 1.65. The van der Waals surface area contributed by atoms with Crippen molar-refractivity contribution in [3.63, 3.8) is 0 Å². The average molecular weight is 376 g/mol. The third-order valence-corrected chi connectivity index (χ3v) is 4.07.